The van der Waals surface area contributed by atoms with Gasteiger partial charge < -0.3 is 9.15 Å². The van der Waals surface area contributed by atoms with Gasteiger partial charge in [-0.2, -0.15) is 0 Å². The molecule has 0 bridgehead atoms. The molecule has 2 heterocycles. The quantitative estimate of drug-likeness (QED) is 0.529. The Morgan fingerprint density at radius 2 is 1.88 bits per heavy atom. The van der Waals surface area contributed by atoms with Gasteiger partial charge >= 0.3 is 16.5 Å². The third-order valence-electron chi connectivity index (χ3n) is 4.10. The number of aryl methyl sites for hydroxylation is 3. The third kappa shape index (κ3) is 3.56. The normalized spacial score (nSPS) is 11.0. The molecule has 0 aliphatic heterocycles. The molecule has 25 heavy (non-hydrogen) atoms. The summed E-state index contributed by atoms with van der Waals surface area (Å²) in [4.78, 5) is 35.2. The van der Waals surface area contributed by atoms with E-state index in [1.54, 1.807) is 18.4 Å². The molecule has 130 valence electrons. The fraction of sp³-hybridized carbons (Fsp3) is 0.278. The molecular formula is C18H17NO5S. The Balaban J connectivity index is 1.83. The SMILES string of the molecule is Cc1cc2oc(=O)cc(COC(=O)Cn3c(C)csc3=O)c2cc1C. The van der Waals surface area contributed by atoms with E-state index < -0.39 is 11.6 Å². The van der Waals surface area contributed by atoms with Crippen molar-refractivity contribution in [1.29, 1.82) is 0 Å². The molecule has 0 radical (unpaired) electrons. The van der Waals surface area contributed by atoms with Crippen LogP contribution < -0.4 is 10.5 Å². The second-order valence-corrected chi connectivity index (χ2v) is 6.73. The minimum absolute atomic E-state index is 0.0542. The average Bonchev–Trinajstić information content (AvgIpc) is 2.86. The summed E-state index contributed by atoms with van der Waals surface area (Å²) in [7, 11) is 0. The zero-order chi connectivity index (χ0) is 18.1. The number of carbonyl (C=O) groups excluding carboxylic acids is 1. The van der Waals surface area contributed by atoms with Crippen molar-refractivity contribution in [3.8, 4) is 0 Å². The smallest absolute Gasteiger partial charge is 0.336 e. The van der Waals surface area contributed by atoms with Crippen LogP contribution in [0.15, 0.2) is 37.6 Å². The van der Waals surface area contributed by atoms with Gasteiger partial charge in [0.05, 0.1) is 0 Å². The van der Waals surface area contributed by atoms with Crippen molar-refractivity contribution in [2.75, 3.05) is 0 Å². The standard InChI is InChI=1S/C18H17NO5S/c1-10-4-14-13(6-16(20)24-15(14)5-11(10)2)8-23-17(21)7-19-12(3)9-25-18(19)22/h4-6,9H,7-8H2,1-3H3. The lowest BCUT2D eigenvalue weighted by atomic mass is 10.0. The number of benzene rings is 1. The molecule has 3 aromatic rings. The lowest BCUT2D eigenvalue weighted by molar-refractivity contribution is -0.145. The maximum Gasteiger partial charge on any atom is 0.336 e. The molecule has 0 saturated heterocycles. The van der Waals surface area contributed by atoms with Crippen LogP contribution in [0.3, 0.4) is 0 Å². The molecular weight excluding hydrogens is 342 g/mol. The molecule has 3 rings (SSSR count). The van der Waals surface area contributed by atoms with Gasteiger partial charge in [0, 0.05) is 28.1 Å². The molecule has 7 heteroatoms. The van der Waals surface area contributed by atoms with Crippen LogP contribution in [0.1, 0.15) is 22.4 Å². The Bertz CT molecular complexity index is 1070. The first-order chi connectivity index (χ1) is 11.8. The number of aromatic nitrogens is 1. The lowest BCUT2D eigenvalue weighted by Crippen LogP contribution is -2.22. The minimum Gasteiger partial charge on any atom is -0.459 e. The molecule has 0 aliphatic rings. The van der Waals surface area contributed by atoms with Crippen LogP contribution in [-0.4, -0.2) is 10.5 Å². The van der Waals surface area contributed by atoms with Crippen LogP contribution in [0.25, 0.3) is 11.0 Å². The minimum atomic E-state index is -0.533. The fourth-order valence-corrected chi connectivity index (χ4v) is 3.27. The van der Waals surface area contributed by atoms with Crippen molar-refractivity contribution >= 4 is 28.3 Å². The predicted octanol–water partition coefficient (Wildman–Crippen LogP) is 2.68. The average molecular weight is 359 g/mol. The molecule has 0 unspecified atom stereocenters. The number of ether oxygens (including phenoxy) is 1. The number of esters is 1. The molecule has 1 aromatic carbocycles. The van der Waals surface area contributed by atoms with Gasteiger partial charge in [-0.05, 0) is 44.0 Å². The largest absolute Gasteiger partial charge is 0.459 e. The van der Waals surface area contributed by atoms with Crippen LogP contribution in [-0.2, 0) is 22.7 Å². The van der Waals surface area contributed by atoms with Crippen molar-refractivity contribution in [2.24, 2.45) is 0 Å². The van der Waals surface area contributed by atoms with Gasteiger partial charge in [-0.25, -0.2) is 4.79 Å². The van der Waals surface area contributed by atoms with E-state index >= 15 is 0 Å². The summed E-state index contributed by atoms with van der Waals surface area (Å²) in [6, 6.07) is 5.03. The summed E-state index contributed by atoms with van der Waals surface area (Å²) < 4.78 is 11.9. The molecule has 0 N–H and O–H groups in total. The highest BCUT2D eigenvalue weighted by atomic mass is 32.1. The van der Waals surface area contributed by atoms with Crippen molar-refractivity contribution in [2.45, 2.75) is 33.9 Å². The second-order valence-electron chi connectivity index (χ2n) is 5.91. The second kappa shape index (κ2) is 6.68. The monoisotopic (exact) mass is 359 g/mol. The highest BCUT2D eigenvalue weighted by Gasteiger charge is 2.12. The van der Waals surface area contributed by atoms with Crippen molar-refractivity contribution in [1.82, 2.24) is 4.57 Å². The van der Waals surface area contributed by atoms with E-state index in [1.165, 1.54) is 10.6 Å². The maximum atomic E-state index is 12.1. The van der Waals surface area contributed by atoms with E-state index in [1.807, 2.05) is 19.9 Å². The topological polar surface area (TPSA) is 78.5 Å². The molecule has 0 spiro atoms. The number of hydrogen-bond donors (Lipinski definition) is 0. The molecule has 0 atom stereocenters. The Kier molecular flexibility index (Phi) is 4.59. The molecule has 0 fully saturated rings. The Labute approximate surface area is 147 Å². The first kappa shape index (κ1) is 17.2. The summed E-state index contributed by atoms with van der Waals surface area (Å²) in [6.07, 6.45) is 0. The Morgan fingerprint density at radius 3 is 2.56 bits per heavy atom. The zero-order valence-electron chi connectivity index (χ0n) is 14.1. The Morgan fingerprint density at radius 1 is 1.16 bits per heavy atom. The van der Waals surface area contributed by atoms with E-state index in [2.05, 4.69) is 0 Å². The first-order valence-corrected chi connectivity index (χ1v) is 8.57. The molecule has 0 amide bonds. The van der Waals surface area contributed by atoms with Gasteiger partial charge in [0.1, 0.15) is 18.7 Å². The highest BCUT2D eigenvalue weighted by Crippen LogP contribution is 2.22. The highest BCUT2D eigenvalue weighted by molar-refractivity contribution is 7.07. The van der Waals surface area contributed by atoms with Gasteiger partial charge in [-0.3, -0.25) is 14.2 Å². The van der Waals surface area contributed by atoms with Crippen molar-refractivity contribution in [3.63, 3.8) is 0 Å². The van der Waals surface area contributed by atoms with Crippen molar-refractivity contribution in [3.05, 3.63) is 66.1 Å². The fourth-order valence-electron chi connectivity index (χ4n) is 2.53. The summed E-state index contributed by atoms with van der Waals surface area (Å²) in [5.74, 6) is -0.533. The van der Waals surface area contributed by atoms with Gasteiger partial charge in [-0.15, -0.1) is 0 Å². The molecule has 0 saturated carbocycles. The number of thiazole rings is 1. The summed E-state index contributed by atoms with van der Waals surface area (Å²) >= 11 is 1.04. The molecule has 0 aliphatic carbocycles. The Hall–Kier alpha value is -2.67. The van der Waals surface area contributed by atoms with E-state index in [4.69, 9.17) is 9.15 Å². The molecule has 6 nitrogen and oxygen atoms in total. The van der Waals surface area contributed by atoms with E-state index in [0.717, 1.165) is 27.8 Å². The van der Waals surface area contributed by atoms with Crippen molar-refractivity contribution < 1.29 is 13.9 Å². The lowest BCUT2D eigenvalue weighted by Gasteiger charge is -2.09. The molecule has 2 aromatic heterocycles. The van der Waals surface area contributed by atoms with E-state index in [-0.39, 0.29) is 18.0 Å². The number of carbonyl (C=O) groups is 1. The zero-order valence-corrected chi connectivity index (χ0v) is 14.9. The van der Waals surface area contributed by atoms with Gasteiger partial charge in [-0.1, -0.05) is 11.3 Å². The van der Waals surface area contributed by atoms with Gasteiger partial charge in [0.25, 0.3) is 0 Å². The third-order valence-corrected chi connectivity index (χ3v) is 4.98. The van der Waals surface area contributed by atoms with E-state index in [0.29, 0.717) is 16.8 Å². The number of hydrogen-bond acceptors (Lipinski definition) is 6. The van der Waals surface area contributed by atoms with Crippen LogP contribution >= 0.6 is 11.3 Å². The number of rotatable bonds is 4. The number of fused-ring (bicyclic) bond motifs is 1. The van der Waals surface area contributed by atoms with Crippen LogP contribution in [0.5, 0.6) is 0 Å². The summed E-state index contributed by atoms with van der Waals surface area (Å²) in [5, 5.41) is 2.43. The van der Waals surface area contributed by atoms with Crippen LogP contribution in [0.4, 0.5) is 0 Å². The maximum absolute atomic E-state index is 12.1. The van der Waals surface area contributed by atoms with Crippen LogP contribution in [0.2, 0.25) is 0 Å². The first-order valence-electron chi connectivity index (χ1n) is 7.69. The predicted molar refractivity (Wildman–Crippen MR) is 95.1 cm³/mol. The van der Waals surface area contributed by atoms with Gasteiger partial charge in [0.2, 0.25) is 0 Å². The summed E-state index contributed by atoms with van der Waals surface area (Å²) in [6.45, 7) is 5.45. The van der Waals surface area contributed by atoms with Crippen LogP contribution in [0, 0.1) is 20.8 Å². The number of nitrogens with zero attached hydrogens (tertiary/aromatic N) is 1. The van der Waals surface area contributed by atoms with Gasteiger partial charge in [0.15, 0.2) is 0 Å². The van der Waals surface area contributed by atoms with E-state index in [9.17, 15) is 14.4 Å². The summed E-state index contributed by atoms with van der Waals surface area (Å²) in [5.41, 5.74) is 3.32.